The van der Waals surface area contributed by atoms with Crippen molar-refractivity contribution in [1.82, 2.24) is 9.97 Å². The van der Waals surface area contributed by atoms with E-state index in [0.717, 1.165) is 6.42 Å². The maximum absolute atomic E-state index is 11.2. The molecule has 1 heterocycles. The molecule has 0 bridgehead atoms. The van der Waals surface area contributed by atoms with E-state index in [2.05, 4.69) is 31.2 Å². The van der Waals surface area contributed by atoms with Crippen LogP contribution in [0.25, 0.3) is 0 Å². The van der Waals surface area contributed by atoms with Gasteiger partial charge in [-0.25, -0.2) is 4.98 Å². The van der Waals surface area contributed by atoms with Gasteiger partial charge in [0.15, 0.2) is 0 Å². The zero-order valence-electron chi connectivity index (χ0n) is 8.83. The third kappa shape index (κ3) is 4.30. The van der Waals surface area contributed by atoms with Gasteiger partial charge in [0.2, 0.25) is 0 Å². The van der Waals surface area contributed by atoms with Gasteiger partial charge in [-0.05, 0) is 22.4 Å². The number of rotatable bonds is 7. The van der Waals surface area contributed by atoms with E-state index in [4.69, 9.17) is 10.5 Å². The normalized spacial score (nSPS) is 10.4. The molecule has 16 heavy (non-hydrogen) atoms. The van der Waals surface area contributed by atoms with Crippen molar-refractivity contribution < 1.29 is 4.74 Å². The van der Waals surface area contributed by atoms with Crippen LogP contribution in [-0.2, 0) is 4.74 Å². The van der Waals surface area contributed by atoms with Crippen LogP contribution in [-0.4, -0.2) is 36.3 Å². The highest BCUT2D eigenvalue weighted by Crippen LogP contribution is 2.12. The number of nitrogens with two attached hydrogens (primary N) is 1. The van der Waals surface area contributed by atoms with Crippen LogP contribution in [0.5, 0.6) is 0 Å². The van der Waals surface area contributed by atoms with Crippen LogP contribution < -0.4 is 16.6 Å². The highest BCUT2D eigenvalue weighted by atomic mass is 79.9. The summed E-state index contributed by atoms with van der Waals surface area (Å²) in [5, 5.41) is 3.04. The monoisotopic (exact) mass is 290 g/mol. The molecule has 1 aromatic rings. The Morgan fingerprint density at radius 2 is 2.38 bits per heavy atom. The molecule has 0 saturated heterocycles. The standard InChI is InChI=1S/C9H15BrN4O2/c10-7-8(13-6-14-9(7)15)12-3-1-4-16-5-2-11/h6H,1-5,11H2,(H2,12,13,14,15). The first kappa shape index (κ1) is 13.1. The number of hydrogen-bond donors (Lipinski definition) is 3. The second-order valence-electron chi connectivity index (χ2n) is 3.08. The second kappa shape index (κ2) is 7.37. The van der Waals surface area contributed by atoms with Gasteiger partial charge in [0, 0.05) is 19.7 Å². The summed E-state index contributed by atoms with van der Waals surface area (Å²) in [6.07, 6.45) is 2.20. The zero-order valence-corrected chi connectivity index (χ0v) is 10.4. The third-order valence-corrected chi connectivity index (χ3v) is 2.55. The molecule has 4 N–H and O–H groups in total. The number of ether oxygens (including phenoxy) is 1. The summed E-state index contributed by atoms with van der Waals surface area (Å²) in [5.41, 5.74) is 5.08. The average Bonchev–Trinajstić information content (AvgIpc) is 2.29. The maximum Gasteiger partial charge on any atom is 0.267 e. The van der Waals surface area contributed by atoms with Crippen LogP contribution >= 0.6 is 15.9 Å². The number of nitrogens with zero attached hydrogens (tertiary/aromatic N) is 1. The Bertz CT molecular complexity index is 369. The van der Waals surface area contributed by atoms with Crippen LogP contribution in [0.15, 0.2) is 15.6 Å². The van der Waals surface area contributed by atoms with Gasteiger partial charge in [0.25, 0.3) is 5.56 Å². The van der Waals surface area contributed by atoms with Gasteiger partial charge in [-0.3, -0.25) is 4.79 Å². The van der Waals surface area contributed by atoms with Crippen LogP contribution in [0.3, 0.4) is 0 Å². The molecule has 1 aromatic heterocycles. The smallest absolute Gasteiger partial charge is 0.267 e. The summed E-state index contributed by atoms with van der Waals surface area (Å²) >= 11 is 3.16. The zero-order chi connectivity index (χ0) is 11.8. The van der Waals surface area contributed by atoms with Crippen molar-refractivity contribution in [3.63, 3.8) is 0 Å². The summed E-state index contributed by atoms with van der Waals surface area (Å²) in [7, 11) is 0. The van der Waals surface area contributed by atoms with E-state index in [-0.39, 0.29) is 5.56 Å². The van der Waals surface area contributed by atoms with E-state index in [1.54, 1.807) is 0 Å². The lowest BCUT2D eigenvalue weighted by atomic mass is 10.4. The van der Waals surface area contributed by atoms with Gasteiger partial charge in [-0.15, -0.1) is 0 Å². The van der Waals surface area contributed by atoms with Gasteiger partial charge < -0.3 is 20.8 Å². The van der Waals surface area contributed by atoms with E-state index in [9.17, 15) is 4.79 Å². The number of aromatic nitrogens is 2. The lowest BCUT2D eigenvalue weighted by molar-refractivity contribution is 0.141. The van der Waals surface area contributed by atoms with E-state index in [1.807, 2.05) is 0 Å². The molecule has 0 fully saturated rings. The lowest BCUT2D eigenvalue weighted by Crippen LogP contribution is -2.14. The first-order valence-corrected chi connectivity index (χ1v) is 5.80. The van der Waals surface area contributed by atoms with Gasteiger partial charge in [-0.1, -0.05) is 0 Å². The van der Waals surface area contributed by atoms with Crippen molar-refractivity contribution in [2.75, 3.05) is 31.6 Å². The van der Waals surface area contributed by atoms with Crippen LogP contribution in [0, 0.1) is 0 Å². The largest absolute Gasteiger partial charge is 0.380 e. The van der Waals surface area contributed by atoms with Crippen LogP contribution in [0.1, 0.15) is 6.42 Å². The Balaban J connectivity index is 2.27. The predicted octanol–water partition coefficient (Wildman–Crippen LogP) is 0.310. The van der Waals surface area contributed by atoms with Gasteiger partial charge in [0.05, 0.1) is 12.9 Å². The molecule has 7 heteroatoms. The minimum Gasteiger partial charge on any atom is -0.380 e. The quantitative estimate of drug-likeness (QED) is 0.629. The Morgan fingerprint density at radius 3 is 3.12 bits per heavy atom. The Kier molecular flexibility index (Phi) is 6.05. The number of aromatic amines is 1. The van der Waals surface area contributed by atoms with Crippen molar-refractivity contribution in [3.8, 4) is 0 Å². The molecule has 6 nitrogen and oxygen atoms in total. The summed E-state index contributed by atoms with van der Waals surface area (Å²) < 4.78 is 5.62. The molecule has 90 valence electrons. The number of hydrogen-bond acceptors (Lipinski definition) is 5. The van der Waals surface area contributed by atoms with Gasteiger partial charge in [-0.2, -0.15) is 0 Å². The van der Waals surface area contributed by atoms with Crippen molar-refractivity contribution >= 4 is 21.7 Å². The molecule has 0 atom stereocenters. The molecule has 0 aromatic carbocycles. The second-order valence-corrected chi connectivity index (χ2v) is 3.87. The topological polar surface area (TPSA) is 93.0 Å². The fourth-order valence-electron chi connectivity index (χ4n) is 1.07. The summed E-state index contributed by atoms with van der Waals surface area (Å²) in [4.78, 5) is 17.7. The number of anilines is 1. The highest BCUT2D eigenvalue weighted by Gasteiger charge is 2.03. The van der Waals surface area contributed by atoms with Crippen molar-refractivity contribution in [1.29, 1.82) is 0 Å². The molecular formula is C9H15BrN4O2. The summed E-state index contributed by atoms with van der Waals surface area (Å²) in [6.45, 7) is 2.45. The van der Waals surface area contributed by atoms with Crippen molar-refractivity contribution in [2.45, 2.75) is 6.42 Å². The summed E-state index contributed by atoms with van der Waals surface area (Å²) in [6, 6.07) is 0. The first-order chi connectivity index (χ1) is 7.75. The Hall–Kier alpha value is -0.920. The first-order valence-electron chi connectivity index (χ1n) is 5.00. The number of nitrogens with one attached hydrogen (secondary N) is 2. The predicted molar refractivity (Wildman–Crippen MR) is 65.5 cm³/mol. The van der Waals surface area contributed by atoms with Crippen molar-refractivity contribution in [3.05, 3.63) is 21.2 Å². The highest BCUT2D eigenvalue weighted by molar-refractivity contribution is 9.10. The lowest BCUT2D eigenvalue weighted by Gasteiger charge is -2.06. The molecule has 0 amide bonds. The van der Waals surface area contributed by atoms with Crippen LogP contribution in [0.2, 0.25) is 0 Å². The van der Waals surface area contributed by atoms with Crippen molar-refractivity contribution in [2.24, 2.45) is 5.73 Å². The minimum atomic E-state index is -0.197. The van der Waals surface area contributed by atoms with E-state index >= 15 is 0 Å². The van der Waals surface area contributed by atoms with Gasteiger partial charge >= 0.3 is 0 Å². The molecule has 0 spiro atoms. The molecule has 0 aliphatic rings. The molecule has 1 rings (SSSR count). The number of H-pyrrole nitrogens is 1. The molecule has 0 unspecified atom stereocenters. The fraction of sp³-hybridized carbons (Fsp3) is 0.556. The summed E-state index contributed by atoms with van der Waals surface area (Å²) in [5.74, 6) is 0.544. The molecule has 0 aliphatic heterocycles. The van der Waals surface area contributed by atoms with Crippen LogP contribution in [0.4, 0.5) is 5.82 Å². The Labute approximate surface area is 102 Å². The minimum absolute atomic E-state index is 0.197. The SMILES string of the molecule is NCCOCCCNc1nc[nH]c(=O)c1Br. The third-order valence-electron chi connectivity index (χ3n) is 1.82. The Morgan fingerprint density at radius 1 is 1.56 bits per heavy atom. The number of halogens is 1. The average molecular weight is 291 g/mol. The molecular weight excluding hydrogens is 276 g/mol. The maximum atomic E-state index is 11.2. The van der Waals surface area contributed by atoms with E-state index in [0.29, 0.717) is 36.6 Å². The molecule has 0 radical (unpaired) electrons. The van der Waals surface area contributed by atoms with E-state index in [1.165, 1.54) is 6.33 Å². The molecule has 0 aliphatic carbocycles. The van der Waals surface area contributed by atoms with E-state index < -0.39 is 0 Å². The van der Waals surface area contributed by atoms with Gasteiger partial charge in [0.1, 0.15) is 10.3 Å². The fourth-order valence-corrected chi connectivity index (χ4v) is 1.43. The molecule has 0 saturated carbocycles.